The summed E-state index contributed by atoms with van der Waals surface area (Å²) in [6.45, 7) is 0.760. The molecule has 2 heterocycles. The second kappa shape index (κ2) is 6.36. The smallest absolute Gasteiger partial charge is 0.249 e. The SMILES string of the molecule is O=C(N1N=CCC1c1cc(F)cc(F)c1)C12CC(Cn3cc4ccc(Cl)cc4n3)(C1)C2. The second-order valence-corrected chi connectivity index (χ2v) is 9.68. The van der Waals surface area contributed by atoms with Gasteiger partial charge in [-0.25, -0.2) is 13.8 Å². The number of aromatic nitrogens is 2. The molecule has 4 aliphatic rings. The van der Waals surface area contributed by atoms with Gasteiger partial charge in [0.1, 0.15) is 11.6 Å². The van der Waals surface area contributed by atoms with Crippen LogP contribution in [0.25, 0.3) is 10.9 Å². The minimum absolute atomic E-state index is 0.0461. The van der Waals surface area contributed by atoms with Crippen LogP contribution < -0.4 is 0 Å². The minimum Gasteiger partial charge on any atom is -0.272 e. The first-order chi connectivity index (χ1) is 14.8. The molecule has 0 radical (unpaired) electrons. The van der Waals surface area contributed by atoms with Gasteiger partial charge < -0.3 is 0 Å². The maximum absolute atomic E-state index is 13.7. The lowest BCUT2D eigenvalue weighted by molar-refractivity contribution is -0.223. The van der Waals surface area contributed by atoms with Crippen LogP contribution in [-0.4, -0.2) is 26.9 Å². The second-order valence-electron chi connectivity index (χ2n) is 9.24. The lowest BCUT2D eigenvalue weighted by Crippen LogP contribution is -2.68. The molecule has 1 atom stereocenters. The summed E-state index contributed by atoms with van der Waals surface area (Å²) >= 11 is 6.05. The highest BCUT2D eigenvalue weighted by Gasteiger charge is 2.72. The topological polar surface area (TPSA) is 50.5 Å². The monoisotopic (exact) mass is 440 g/mol. The zero-order chi connectivity index (χ0) is 21.4. The maximum Gasteiger partial charge on any atom is 0.249 e. The molecule has 3 fully saturated rings. The van der Waals surface area contributed by atoms with Gasteiger partial charge in [0, 0.05) is 41.9 Å². The van der Waals surface area contributed by atoms with Crippen LogP contribution in [0, 0.1) is 22.5 Å². The molecule has 0 spiro atoms. The van der Waals surface area contributed by atoms with E-state index in [9.17, 15) is 13.6 Å². The molecule has 3 aliphatic carbocycles. The summed E-state index contributed by atoms with van der Waals surface area (Å²) in [6.07, 6.45) is 6.47. The summed E-state index contributed by atoms with van der Waals surface area (Å²) in [4.78, 5) is 13.3. The Kier molecular flexibility index (Phi) is 3.88. The van der Waals surface area contributed by atoms with Crippen molar-refractivity contribution in [2.24, 2.45) is 15.9 Å². The predicted molar refractivity (Wildman–Crippen MR) is 113 cm³/mol. The summed E-state index contributed by atoms with van der Waals surface area (Å²) in [6, 6.07) is 8.59. The first kappa shape index (κ1) is 18.9. The zero-order valence-electron chi connectivity index (χ0n) is 16.6. The quantitative estimate of drug-likeness (QED) is 0.567. The number of hydrogen-bond donors (Lipinski definition) is 0. The first-order valence-corrected chi connectivity index (χ1v) is 10.7. The Labute approximate surface area is 182 Å². The number of amides is 1. The van der Waals surface area contributed by atoms with Crippen molar-refractivity contribution >= 4 is 34.6 Å². The number of halogens is 3. The highest BCUT2D eigenvalue weighted by molar-refractivity contribution is 6.31. The van der Waals surface area contributed by atoms with Crippen LogP contribution in [0.5, 0.6) is 0 Å². The normalized spacial score (nSPS) is 28.6. The molecule has 3 saturated carbocycles. The fourth-order valence-corrected chi connectivity index (χ4v) is 5.92. The van der Waals surface area contributed by atoms with Gasteiger partial charge >= 0.3 is 0 Å². The molecule has 2 bridgehead atoms. The molecule has 0 N–H and O–H groups in total. The van der Waals surface area contributed by atoms with Crippen LogP contribution in [0.3, 0.4) is 0 Å². The van der Waals surface area contributed by atoms with E-state index in [1.807, 2.05) is 29.1 Å². The summed E-state index contributed by atoms with van der Waals surface area (Å²) in [5, 5.41) is 12.0. The molecular weight excluding hydrogens is 422 g/mol. The van der Waals surface area contributed by atoms with Crippen molar-refractivity contribution in [2.45, 2.75) is 38.3 Å². The highest BCUT2D eigenvalue weighted by Crippen LogP contribution is 2.74. The van der Waals surface area contributed by atoms with Gasteiger partial charge in [0.15, 0.2) is 0 Å². The average molecular weight is 441 g/mol. The van der Waals surface area contributed by atoms with E-state index in [1.165, 1.54) is 17.1 Å². The zero-order valence-corrected chi connectivity index (χ0v) is 17.3. The summed E-state index contributed by atoms with van der Waals surface area (Å²) in [5.74, 6) is -1.34. The van der Waals surface area contributed by atoms with Gasteiger partial charge in [-0.15, -0.1) is 0 Å². The molecule has 158 valence electrons. The number of fused-ring (bicyclic) bond motifs is 1. The fraction of sp³-hybridized carbons (Fsp3) is 0.348. The molecular formula is C23H19ClF2N4O. The van der Waals surface area contributed by atoms with Gasteiger partial charge in [-0.1, -0.05) is 11.6 Å². The fourth-order valence-electron chi connectivity index (χ4n) is 5.75. The third kappa shape index (κ3) is 2.90. The van der Waals surface area contributed by atoms with Crippen molar-refractivity contribution in [3.05, 3.63) is 64.8 Å². The Balaban J connectivity index is 1.17. The van der Waals surface area contributed by atoms with E-state index < -0.39 is 23.1 Å². The van der Waals surface area contributed by atoms with Gasteiger partial charge in [-0.05, 0) is 60.6 Å². The number of hydrogen-bond acceptors (Lipinski definition) is 3. The molecule has 8 heteroatoms. The Bertz CT molecular complexity index is 1230. The molecule has 0 saturated heterocycles. The molecule has 1 aromatic heterocycles. The predicted octanol–water partition coefficient (Wildman–Crippen LogP) is 5.10. The molecule has 1 amide bonds. The lowest BCUT2D eigenvalue weighted by atomic mass is 9.34. The highest BCUT2D eigenvalue weighted by atomic mass is 35.5. The van der Waals surface area contributed by atoms with Crippen LogP contribution in [0.15, 0.2) is 47.7 Å². The van der Waals surface area contributed by atoms with Crippen molar-refractivity contribution in [2.75, 3.05) is 0 Å². The summed E-state index contributed by atoms with van der Waals surface area (Å²) in [7, 11) is 0. The van der Waals surface area contributed by atoms with Gasteiger partial charge in [0.05, 0.1) is 17.0 Å². The number of benzene rings is 2. The molecule has 1 aliphatic heterocycles. The van der Waals surface area contributed by atoms with Crippen molar-refractivity contribution in [3.8, 4) is 0 Å². The van der Waals surface area contributed by atoms with Gasteiger partial charge in [0.25, 0.3) is 0 Å². The van der Waals surface area contributed by atoms with E-state index in [4.69, 9.17) is 11.6 Å². The van der Waals surface area contributed by atoms with Gasteiger partial charge in [-0.2, -0.15) is 10.2 Å². The molecule has 31 heavy (non-hydrogen) atoms. The van der Waals surface area contributed by atoms with E-state index in [2.05, 4.69) is 10.2 Å². The lowest BCUT2D eigenvalue weighted by Gasteiger charge is -2.69. The van der Waals surface area contributed by atoms with E-state index >= 15 is 0 Å². The first-order valence-electron chi connectivity index (χ1n) is 10.3. The maximum atomic E-state index is 13.7. The van der Waals surface area contributed by atoms with Gasteiger partial charge in [0.2, 0.25) is 5.91 Å². The Morgan fingerprint density at radius 1 is 1.13 bits per heavy atom. The van der Waals surface area contributed by atoms with Crippen LogP contribution in [0.2, 0.25) is 5.02 Å². The Hall–Kier alpha value is -2.80. The van der Waals surface area contributed by atoms with Crippen LogP contribution in [0.1, 0.15) is 37.3 Å². The third-order valence-electron chi connectivity index (χ3n) is 6.92. The van der Waals surface area contributed by atoms with Crippen molar-refractivity contribution < 1.29 is 13.6 Å². The van der Waals surface area contributed by atoms with Crippen LogP contribution >= 0.6 is 11.6 Å². The number of nitrogens with zero attached hydrogens (tertiary/aromatic N) is 4. The Morgan fingerprint density at radius 3 is 2.61 bits per heavy atom. The van der Waals surface area contributed by atoms with E-state index in [0.29, 0.717) is 17.0 Å². The van der Waals surface area contributed by atoms with Gasteiger partial charge in [-0.3, -0.25) is 9.48 Å². The average Bonchev–Trinajstić information content (AvgIpc) is 3.28. The minimum atomic E-state index is -0.647. The van der Waals surface area contributed by atoms with Crippen LogP contribution in [0.4, 0.5) is 8.78 Å². The number of hydrazone groups is 1. The molecule has 2 aromatic carbocycles. The van der Waals surface area contributed by atoms with Crippen molar-refractivity contribution in [1.29, 1.82) is 0 Å². The van der Waals surface area contributed by atoms with E-state index in [-0.39, 0.29) is 11.3 Å². The van der Waals surface area contributed by atoms with Crippen molar-refractivity contribution in [1.82, 2.24) is 14.8 Å². The summed E-state index contributed by atoms with van der Waals surface area (Å²) < 4.78 is 29.3. The standard InChI is InChI=1S/C23H19ClF2N4O/c24-16-2-1-14-9-29(28-19(14)7-16)13-22-10-23(11-22,12-22)21(31)30-20(3-4-27-30)15-5-17(25)8-18(26)6-15/h1-2,4-9,20H,3,10-13H2. The number of carbonyl (C=O) groups is 1. The van der Waals surface area contributed by atoms with E-state index in [0.717, 1.165) is 42.8 Å². The third-order valence-corrected chi connectivity index (χ3v) is 7.15. The van der Waals surface area contributed by atoms with E-state index in [1.54, 1.807) is 6.21 Å². The largest absolute Gasteiger partial charge is 0.272 e. The molecule has 7 rings (SSSR count). The molecule has 5 nitrogen and oxygen atoms in total. The molecule has 3 aromatic rings. The Morgan fingerprint density at radius 2 is 1.87 bits per heavy atom. The number of rotatable bonds is 4. The summed E-state index contributed by atoms with van der Waals surface area (Å²) in [5.41, 5.74) is 0.959. The van der Waals surface area contributed by atoms with Crippen molar-refractivity contribution in [3.63, 3.8) is 0 Å². The molecule has 1 unspecified atom stereocenters. The van der Waals surface area contributed by atoms with Crippen LogP contribution in [-0.2, 0) is 11.3 Å². The number of carbonyl (C=O) groups excluding carboxylic acids is 1.